The molecule has 3 amide bonds. The zero-order chi connectivity index (χ0) is 15.0. The average Bonchev–Trinajstić information content (AvgIpc) is 2.78. The predicted octanol–water partition coefficient (Wildman–Crippen LogP) is 1.40. The minimum absolute atomic E-state index is 0.0996. The number of carbonyl (C=O) groups is 3. The maximum Gasteiger partial charge on any atom is 0.255 e. The Balaban J connectivity index is 1.88. The summed E-state index contributed by atoms with van der Waals surface area (Å²) in [7, 11) is 0. The molecule has 2 heterocycles. The van der Waals surface area contributed by atoms with Crippen LogP contribution in [0.1, 0.15) is 47.7 Å². The van der Waals surface area contributed by atoms with Gasteiger partial charge >= 0.3 is 0 Å². The third kappa shape index (κ3) is 2.33. The molecule has 2 aliphatic rings. The Labute approximate surface area is 123 Å². The number of hydrogen-bond donors (Lipinski definition) is 1. The lowest BCUT2D eigenvalue weighted by atomic mass is 10.00. The molecule has 21 heavy (non-hydrogen) atoms. The van der Waals surface area contributed by atoms with Crippen molar-refractivity contribution >= 4 is 17.7 Å². The van der Waals surface area contributed by atoms with Gasteiger partial charge in [-0.05, 0) is 30.0 Å². The Bertz CT molecular complexity index is 624. The highest BCUT2D eigenvalue weighted by Crippen LogP contribution is 2.30. The second kappa shape index (κ2) is 5.31. The first-order chi connectivity index (χ1) is 10.1. The lowest BCUT2D eigenvalue weighted by molar-refractivity contribution is -0.136. The van der Waals surface area contributed by atoms with Gasteiger partial charge in [-0.25, -0.2) is 0 Å². The molecule has 5 nitrogen and oxygen atoms in total. The fraction of sp³-hybridized carbons (Fsp3) is 0.438. The standard InChI is InChI=1S/C16H18N2O3/c1-2-4-10-5-3-6-11-12(10)9-18(16(11)21)13-7-8-14(19)17-15(13)20/h3,5-6,13H,2,4,7-9H2,1H3,(H,17,19,20). The van der Waals surface area contributed by atoms with E-state index in [9.17, 15) is 14.4 Å². The lowest BCUT2D eigenvalue weighted by Crippen LogP contribution is -2.52. The number of aryl methyl sites for hydroxylation is 1. The SMILES string of the molecule is CCCc1cccc2c1CN(C1CCC(=O)NC1=O)C2=O. The summed E-state index contributed by atoms with van der Waals surface area (Å²) in [5, 5.41) is 2.32. The number of amides is 3. The molecule has 1 aromatic rings. The Hall–Kier alpha value is -2.17. The topological polar surface area (TPSA) is 66.5 Å². The third-order valence-electron chi connectivity index (χ3n) is 4.20. The van der Waals surface area contributed by atoms with E-state index >= 15 is 0 Å². The Kier molecular flexibility index (Phi) is 3.49. The van der Waals surface area contributed by atoms with Crippen molar-refractivity contribution in [3.8, 4) is 0 Å². The van der Waals surface area contributed by atoms with E-state index in [2.05, 4.69) is 12.2 Å². The maximum absolute atomic E-state index is 12.5. The number of rotatable bonds is 3. The number of piperidine rings is 1. The van der Waals surface area contributed by atoms with Crippen molar-refractivity contribution in [1.82, 2.24) is 10.2 Å². The van der Waals surface area contributed by atoms with Crippen molar-refractivity contribution < 1.29 is 14.4 Å². The molecule has 1 unspecified atom stereocenters. The number of nitrogens with zero attached hydrogens (tertiary/aromatic N) is 1. The first kappa shape index (κ1) is 13.8. The molecule has 0 spiro atoms. The first-order valence-corrected chi connectivity index (χ1v) is 7.37. The number of nitrogens with one attached hydrogen (secondary N) is 1. The van der Waals surface area contributed by atoms with Crippen molar-refractivity contribution in [2.75, 3.05) is 0 Å². The van der Waals surface area contributed by atoms with Crippen molar-refractivity contribution in [3.05, 3.63) is 34.9 Å². The van der Waals surface area contributed by atoms with Crippen molar-refractivity contribution in [1.29, 1.82) is 0 Å². The normalized spacial score (nSPS) is 21.5. The van der Waals surface area contributed by atoms with Gasteiger partial charge in [-0.15, -0.1) is 0 Å². The highest BCUT2D eigenvalue weighted by atomic mass is 16.2. The van der Waals surface area contributed by atoms with Crippen molar-refractivity contribution in [2.45, 2.75) is 45.2 Å². The number of hydrogen-bond acceptors (Lipinski definition) is 3. The molecule has 1 N–H and O–H groups in total. The van der Waals surface area contributed by atoms with Crippen LogP contribution in [0.15, 0.2) is 18.2 Å². The number of benzene rings is 1. The maximum atomic E-state index is 12.5. The molecule has 1 aromatic carbocycles. The highest BCUT2D eigenvalue weighted by Gasteiger charge is 2.39. The smallest absolute Gasteiger partial charge is 0.255 e. The van der Waals surface area contributed by atoms with Crippen molar-refractivity contribution in [2.24, 2.45) is 0 Å². The number of imide groups is 1. The molecule has 110 valence electrons. The Morgan fingerprint density at radius 3 is 2.81 bits per heavy atom. The monoisotopic (exact) mass is 286 g/mol. The fourth-order valence-corrected chi connectivity index (χ4v) is 3.15. The third-order valence-corrected chi connectivity index (χ3v) is 4.20. The quantitative estimate of drug-likeness (QED) is 0.854. The van der Waals surface area contributed by atoms with Crippen LogP contribution in [0.4, 0.5) is 0 Å². The average molecular weight is 286 g/mol. The van der Waals surface area contributed by atoms with Gasteiger partial charge in [-0.1, -0.05) is 25.5 Å². The summed E-state index contributed by atoms with van der Waals surface area (Å²) in [6, 6.07) is 5.24. The Morgan fingerprint density at radius 1 is 1.29 bits per heavy atom. The second-order valence-electron chi connectivity index (χ2n) is 5.59. The zero-order valence-electron chi connectivity index (χ0n) is 12.0. The number of fused-ring (bicyclic) bond motifs is 1. The van der Waals surface area contributed by atoms with Gasteiger partial charge in [0.2, 0.25) is 11.8 Å². The predicted molar refractivity (Wildman–Crippen MR) is 76.5 cm³/mol. The summed E-state index contributed by atoms with van der Waals surface area (Å²) in [5.74, 6) is -0.714. The molecular weight excluding hydrogens is 268 g/mol. The van der Waals surface area contributed by atoms with Gasteiger partial charge in [0, 0.05) is 18.5 Å². The van der Waals surface area contributed by atoms with Crippen LogP contribution in [-0.4, -0.2) is 28.7 Å². The summed E-state index contributed by atoms with van der Waals surface area (Å²) < 4.78 is 0. The van der Waals surface area contributed by atoms with Gasteiger partial charge in [-0.2, -0.15) is 0 Å². The van der Waals surface area contributed by atoms with Gasteiger partial charge in [0.1, 0.15) is 6.04 Å². The van der Waals surface area contributed by atoms with E-state index in [0.29, 0.717) is 24.9 Å². The molecule has 1 saturated heterocycles. The summed E-state index contributed by atoms with van der Waals surface area (Å²) in [4.78, 5) is 37.4. The van der Waals surface area contributed by atoms with E-state index in [1.165, 1.54) is 5.56 Å². The zero-order valence-corrected chi connectivity index (χ0v) is 12.0. The molecule has 5 heteroatoms. The van der Waals surface area contributed by atoms with Gasteiger partial charge in [0.05, 0.1) is 0 Å². The molecule has 0 aliphatic carbocycles. The van der Waals surface area contributed by atoms with E-state index in [4.69, 9.17) is 0 Å². The minimum atomic E-state index is -0.530. The molecule has 2 aliphatic heterocycles. The van der Waals surface area contributed by atoms with Crippen LogP contribution >= 0.6 is 0 Å². The van der Waals surface area contributed by atoms with Crippen LogP contribution in [0.5, 0.6) is 0 Å². The van der Waals surface area contributed by atoms with Gasteiger partial charge in [-0.3, -0.25) is 19.7 Å². The van der Waals surface area contributed by atoms with E-state index in [0.717, 1.165) is 18.4 Å². The largest absolute Gasteiger partial charge is 0.322 e. The Morgan fingerprint density at radius 2 is 2.10 bits per heavy atom. The summed E-state index contributed by atoms with van der Waals surface area (Å²) in [6.07, 6.45) is 2.65. The van der Waals surface area contributed by atoms with Gasteiger partial charge < -0.3 is 4.90 Å². The van der Waals surface area contributed by atoms with Crippen LogP contribution in [-0.2, 0) is 22.6 Å². The van der Waals surface area contributed by atoms with Gasteiger partial charge in [0.15, 0.2) is 0 Å². The fourth-order valence-electron chi connectivity index (χ4n) is 3.15. The van der Waals surface area contributed by atoms with E-state index in [1.807, 2.05) is 18.2 Å². The molecule has 3 rings (SSSR count). The lowest BCUT2D eigenvalue weighted by Gasteiger charge is -2.29. The second-order valence-corrected chi connectivity index (χ2v) is 5.59. The van der Waals surface area contributed by atoms with E-state index in [1.54, 1.807) is 4.90 Å². The van der Waals surface area contributed by atoms with E-state index < -0.39 is 6.04 Å². The van der Waals surface area contributed by atoms with Gasteiger partial charge in [0.25, 0.3) is 5.91 Å². The molecule has 0 saturated carbocycles. The molecular formula is C16H18N2O3. The minimum Gasteiger partial charge on any atom is -0.322 e. The van der Waals surface area contributed by atoms with Crippen LogP contribution in [0.3, 0.4) is 0 Å². The molecule has 1 atom stereocenters. The summed E-state index contributed by atoms with van der Waals surface area (Å²) in [6.45, 7) is 2.57. The highest BCUT2D eigenvalue weighted by molar-refractivity contribution is 6.05. The summed E-state index contributed by atoms with van der Waals surface area (Å²) >= 11 is 0. The van der Waals surface area contributed by atoms with E-state index in [-0.39, 0.29) is 17.7 Å². The molecule has 1 fully saturated rings. The molecule has 0 bridgehead atoms. The van der Waals surface area contributed by atoms with Crippen LogP contribution in [0.2, 0.25) is 0 Å². The van der Waals surface area contributed by atoms with Crippen LogP contribution in [0, 0.1) is 0 Å². The molecule has 0 aromatic heterocycles. The van der Waals surface area contributed by atoms with Crippen molar-refractivity contribution in [3.63, 3.8) is 0 Å². The van der Waals surface area contributed by atoms with Crippen LogP contribution in [0.25, 0.3) is 0 Å². The summed E-state index contributed by atoms with van der Waals surface area (Å²) in [5.41, 5.74) is 2.91. The number of carbonyl (C=O) groups excluding carboxylic acids is 3. The van der Waals surface area contributed by atoms with Crippen LogP contribution < -0.4 is 5.32 Å². The first-order valence-electron chi connectivity index (χ1n) is 7.37. The molecule has 0 radical (unpaired) electrons.